The Labute approximate surface area is 127 Å². The molecular weight excluding hydrogens is 306 g/mol. The SMILES string of the molecule is Nc1ccccc1-c1nnc2sc(CCC(=O)O)nn2c1=O. The van der Waals surface area contributed by atoms with Gasteiger partial charge >= 0.3 is 11.5 Å². The molecule has 0 unspecified atom stereocenters. The van der Waals surface area contributed by atoms with Crippen molar-refractivity contribution in [3.63, 3.8) is 0 Å². The van der Waals surface area contributed by atoms with Crippen LogP contribution in [-0.4, -0.2) is 30.9 Å². The first kappa shape index (κ1) is 14.1. The molecule has 2 aromatic heterocycles. The van der Waals surface area contributed by atoms with E-state index in [0.29, 0.717) is 21.2 Å². The Morgan fingerprint density at radius 1 is 1.32 bits per heavy atom. The van der Waals surface area contributed by atoms with E-state index in [2.05, 4.69) is 15.3 Å². The molecule has 0 aliphatic rings. The number of fused-ring (bicyclic) bond motifs is 1. The summed E-state index contributed by atoms with van der Waals surface area (Å²) in [7, 11) is 0. The van der Waals surface area contributed by atoms with Crippen LogP contribution in [0.2, 0.25) is 0 Å². The van der Waals surface area contributed by atoms with E-state index in [1.165, 1.54) is 0 Å². The van der Waals surface area contributed by atoms with Crippen molar-refractivity contribution in [1.29, 1.82) is 0 Å². The highest BCUT2D eigenvalue weighted by Crippen LogP contribution is 2.21. The lowest BCUT2D eigenvalue weighted by molar-refractivity contribution is -0.136. The molecule has 0 aliphatic heterocycles. The first-order valence-corrected chi connectivity index (χ1v) is 7.20. The molecule has 0 saturated carbocycles. The van der Waals surface area contributed by atoms with Crippen LogP contribution in [0, 0.1) is 0 Å². The van der Waals surface area contributed by atoms with Crippen LogP contribution in [0.25, 0.3) is 16.2 Å². The third-order valence-corrected chi connectivity index (χ3v) is 3.96. The molecule has 1 aromatic carbocycles. The molecule has 9 heteroatoms. The van der Waals surface area contributed by atoms with Crippen molar-refractivity contribution in [3.8, 4) is 11.3 Å². The number of anilines is 1. The fourth-order valence-corrected chi connectivity index (χ4v) is 2.78. The van der Waals surface area contributed by atoms with Crippen molar-refractivity contribution in [2.75, 3.05) is 5.73 Å². The topological polar surface area (TPSA) is 123 Å². The number of carboxylic acids is 1. The van der Waals surface area contributed by atoms with Crippen LogP contribution >= 0.6 is 11.3 Å². The van der Waals surface area contributed by atoms with E-state index in [1.54, 1.807) is 24.3 Å². The molecule has 3 rings (SSSR count). The van der Waals surface area contributed by atoms with Crippen molar-refractivity contribution in [2.45, 2.75) is 12.8 Å². The Morgan fingerprint density at radius 2 is 2.09 bits per heavy atom. The number of para-hydroxylation sites is 1. The van der Waals surface area contributed by atoms with Gasteiger partial charge in [-0.05, 0) is 6.07 Å². The van der Waals surface area contributed by atoms with Gasteiger partial charge in [0.1, 0.15) is 5.01 Å². The van der Waals surface area contributed by atoms with E-state index in [0.717, 1.165) is 15.9 Å². The first-order valence-electron chi connectivity index (χ1n) is 6.38. The third-order valence-electron chi connectivity index (χ3n) is 3.00. The lowest BCUT2D eigenvalue weighted by atomic mass is 10.1. The molecule has 0 fully saturated rings. The van der Waals surface area contributed by atoms with Gasteiger partial charge in [0.05, 0.1) is 6.42 Å². The molecule has 0 bridgehead atoms. The maximum absolute atomic E-state index is 12.5. The predicted octanol–water partition coefficient (Wildman–Crippen LogP) is 0.812. The molecule has 0 radical (unpaired) electrons. The van der Waals surface area contributed by atoms with Crippen LogP contribution < -0.4 is 11.3 Å². The second kappa shape index (κ2) is 5.53. The van der Waals surface area contributed by atoms with Gasteiger partial charge in [-0.15, -0.1) is 10.2 Å². The van der Waals surface area contributed by atoms with Gasteiger partial charge in [-0.1, -0.05) is 29.5 Å². The highest BCUT2D eigenvalue weighted by atomic mass is 32.1. The van der Waals surface area contributed by atoms with Gasteiger partial charge in [0, 0.05) is 17.7 Å². The molecule has 3 N–H and O–H groups in total. The fraction of sp³-hybridized carbons (Fsp3) is 0.154. The minimum atomic E-state index is -0.921. The lowest BCUT2D eigenvalue weighted by Gasteiger charge is -2.02. The predicted molar refractivity (Wildman–Crippen MR) is 80.7 cm³/mol. The van der Waals surface area contributed by atoms with Crippen molar-refractivity contribution in [1.82, 2.24) is 19.8 Å². The molecule has 3 aromatic rings. The minimum absolute atomic E-state index is 0.0551. The molecule has 2 heterocycles. The molecule has 0 aliphatic carbocycles. The van der Waals surface area contributed by atoms with Gasteiger partial charge in [0.25, 0.3) is 0 Å². The number of aliphatic carboxylic acids is 1. The second-order valence-electron chi connectivity index (χ2n) is 4.52. The Bertz CT molecular complexity index is 917. The van der Waals surface area contributed by atoms with E-state index in [1.807, 2.05) is 0 Å². The molecular formula is C13H11N5O3S. The zero-order valence-corrected chi connectivity index (χ0v) is 12.1. The summed E-state index contributed by atoms with van der Waals surface area (Å²) >= 11 is 1.15. The number of hydrogen-bond acceptors (Lipinski definition) is 7. The second-order valence-corrected chi connectivity index (χ2v) is 5.57. The molecule has 0 saturated heterocycles. The van der Waals surface area contributed by atoms with Crippen LogP contribution in [0.4, 0.5) is 5.69 Å². The van der Waals surface area contributed by atoms with Gasteiger partial charge in [-0.25, -0.2) is 0 Å². The van der Waals surface area contributed by atoms with Crippen LogP contribution in [0.5, 0.6) is 0 Å². The average Bonchev–Trinajstić information content (AvgIpc) is 2.91. The maximum Gasteiger partial charge on any atom is 0.303 e. The summed E-state index contributed by atoms with van der Waals surface area (Å²) < 4.78 is 1.14. The Kier molecular flexibility index (Phi) is 3.55. The summed E-state index contributed by atoms with van der Waals surface area (Å²) in [6.07, 6.45) is 0.187. The molecule has 0 atom stereocenters. The monoisotopic (exact) mass is 317 g/mol. The van der Waals surface area contributed by atoms with E-state index in [9.17, 15) is 9.59 Å². The Morgan fingerprint density at radius 3 is 2.82 bits per heavy atom. The van der Waals surface area contributed by atoms with Gasteiger partial charge in [-0.2, -0.15) is 9.61 Å². The molecule has 22 heavy (non-hydrogen) atoms. The summed E-state index contributed by atoms with van der Waals surface area (Å²) in [6.45, 7) is 0. The van der Waals surface area contributed by atoms with Gasteiger partial charge in [-0.3, -0.25) is 9.59 Å². The summed E-state index contributed by atoms with van der Waals surface area (Å²) in [5.41, 5.74) is 6.46. The van der Waals surface area contributed by atoms with Crippen molar-refractivity contribution >= 4 is 28.0 Å². The van der Waals surface area contributed by atoms with Gasteiger partial charge in [0.2, 0.25) is 4.96 Å². The highest BCUT2D eigenvalue weighted by molar-refractivity contribution is 7.16. The van der Waals surface area contributed by atoms with Crippen LogP contribution in [0.1, 0.15) is 11.4 Å². The van der Waals surface area contributed by atoms with Crippen molar-refractivity contribution in [2.24, 2.45) is 0 Å². The highest BCUT2D eigenvalue weighted by Gasteiger charge is 2.15. The summed E-state index contributed by atoms with van der Waals surface area (Å²) in [6, 6.07) is 6.87. The average molecular weight is 317 g/mol. The third kappa shape index (κ3) is 2.53. The minimum Gasteiger partial charge on any atom is -0.481 e. The number of nitrogen functional groups attached to an aromatic ring is 1. The van der Waals surface area contributed by atoms with Crippen LogP contribution in [0.3, 0.4) is 0 Å². The quantitative estimate of drug-likeness (QED) is 0.682. The number of rotatable bonds is 4. The summed E-state index contributed by atoms with van der Waals surface area (Å²) in [5, 5.41) is 21.2. The number of carbonyl (C=O) groups is 1. The number of carboxylic acid groups (broad SMARTS) is 1. The zero-order valence-electron chi connectivity index (χ0n) is 11.3. The van der Waals surface area contributed by atoms with Crippen molar-refractivity contribution < 1.29 is 9.90 Å². The largest absolute Gasteiger partial charge is 0.481 e. The number of aryl methyl sites for hydroxylation is 1. The number of nitrogens with two attached hydrogens (primary N) is 1. The summed E-state index contributed by atoms with van der Waals surface area (Å²) in [5.74, 6) is -0.921. The van der Waals surface area contributed by atoms with Crippen LogP contribution in [0.15, 0.2) is 29.1 Å². The fourth-order valence-electron chi connectivity index (χ4n) is 1.95. The molecule has 0 amide bonds. The zero-order chi connectivity index (χ0) is 15.7. The van der Waals surface area contributed by atoms with E-state index < -0.39 is 11.5 Å². The van der Waals surface area contributed by atoms with E-state index in [4.69, 9.17) is 10.8 Å². The van der Waals surface area contributed by atoms with Gasteiger partial charge in [0.15, 0.2) is 5.69 Å². The van der Waals surface area contributed by atoms with Crippen molar-refractivity contribution in [3.05, 3.63) is 39.6 Å². The number of aromatic nitrogens is 4. The first-order chi connectivity index (χ1) is 10.6. The normalized spacial score (nSPS) is 10.9. The maximum atomic E-state index is 12.5. The summed E-state index contributed by atoms with van der Waals surface area (Å²) in [4.78, 5) is 23.4. The molecule has 8 nitrogen and oxygen atoms in total. The molecule has 0 spiro atoms. The van der Waals surface area contributed by atoms with E-state index >= 15 is 0 Å². The lowest BCUT2D eigenvalue weighted by Crippen LogP contribution is -2.19. The smallest absolute Gasteiger partial charge is 0.303 e. The van der Waals surface area contributed by atoms with Crippen LogP contribution in [-0.2, 0) is 11.2 Å². The van der Waals surface area contributed by atoms with Gasteiger partial charge < -0.3 is 10.8 Å². The Hall–Kier alpha value is -2.81. The number of benzene rings is 1. The Balaban J connectivity index is 2.08. The number of hydrogen-bond donors (Lipinski definition) is 2. The number of nitrogens with zero attached hydrogens (tertiary/aromatic N) is 4. The molecule has 112 valence electrons. The van der Waals surface area contributed by atoms with E-state index in [-0.39, 0.29) is 18.5 Å². The standard InChI is InChI=1S/C13H11N5O3S/c14-8-4-2-1-3-7(8)11-12(21)18-13(16-15-11)22-9(17-18)5-6-10(19)20/h1-4H,5-6,14H2,(H,19,20).